The number of aryl methyl sites for hydroxylation is 1. The van der Waals surface area contributed by atoms with Crippen molar-refractivity contribution in [1.29, 1.82) is 0 Å². The fraction of sp³-hybridized carbons (Fsp3) is 0.278. The Hall–Kier alpha value is -2.13. The van der Waals surface area contributed by atoms with Crippen molar-refractivity contribution >= 4 is 11.0 Å². The van der Waals surface area contributed by atoms with Crippen molar-refractivity contribution in [2.45, 2.75) is 13.0 Å². The molecule has 0 atom stereocenters. The first-order valence-electron chi connectivity index (χ1n) is 7.41. The Balaban J connectivity index is 2.02. The number of aromatic nitrogens is 2. The second-order valence-corrected chi connectivity index (χ2v) is 5.60. The summed E-state index contributed by atoms with van der Waals surface area (Å²) in [7, 11) is 4.23. The molecule has 0 fully saturated rings. The van der Waals surface area contributed by atoms with E-state index in [9.17, 15) is 0 Å². The average molecular weight is 279 g/mol. The summed E-state index contributed by atoms with van der Waals surface area (Å²) in [5, 5.41) is 0. The number of hydrogen-bond acceptors (Lipinski definition) is 2. The third kappa shape index (κ3) is 2.98. The molecular weight excluding hydrogens is 258 g/mol. The molecule has 0 amide bonds. The molecule has 2 aromatic carbocycles. The number of benzene rings is 2. The Morgan fingerprint density at radius 1 is 0.952 bits per heavy atom. The molecule has 3 aromatic rings. The maximum atomic E-state index is 4.83. The largest absolute Gasteiger partial charge is 0.324 e. The van der Waals surface area contributed by atoms with Gasteiger partial charge in [-0.05, 0) is 39.2 Å². The lowest BCUT2D eigenvalue weighted by atomic mass is 10.2. The number of hydrogen-bond donors (Lipinski definition) is 0. The van der Waals surface area contributed by atoms with Gasteiger partial charge >= 0.3 is 0 Å². The van der Waals surface area contributed by atoms with E-state index in [1.54, 1.807) is 0 Å². The van der Waals surface area contributed by atoms with E-state index in [0.717, 1.165) is 30.9 Å². The molecule has 0 unspecified atom stereocenters. The molecule has 21 heavy (non-hydrogen) atoms. The van der Waals surface area contributed by atoms with Crippen LogP contribution < -0.4 is 0 Å². The number of imidazole rings is 1. The Morgan fingerprint density at radius 2 is 1.67 bits per heavy atom. The topological polar surface area (TPSA) is 21.1 Å². The van der Waals surface area contributed by atoms with Gasteiger partial charge in [0, 0.05) is 12.1 Å². The molecule has 0 saturated heterocycles. The molecule has 0 saturated carbocycles. The maximum Gasteiger partial charge on any atom is 0.141 e. The lowest BCUT2D eigenvalue weighted by Crippen LogP contribution is -2.15. The van der Waals surface area contributed by atoms with Crippen LogP contribution in [0.5, 0.6) is 0 Å². The minimum absolute atomic E-state index is 0.989. The summed E-state index contributed by atoms with van der Waals surface area (Å²) >= 11 is 0. The van der Waals surface area contributed by atoms with Crippen molar-refractivity contribution in [2.75, 3.05) is 20.6 Å². The lowest BCUT2D eigenvalue weighted by molar-refractivity contribution is 0.388. The molecular formula is C18H21N3. The van der Waals surface area contributed by atoms with E-state index in [0.29, 0.717) is 0 Å². The zero-order valence-electron chi connectivity index (χ0n) is 12.7. The first kappa shape index (κ1) is 13.8. The molecule has 3 heteroatoms. The molecule has 0 aliphatic rings. The number of para-hydroxylation sites is 2. The molecule has 0 radical (unpaired) electrons. The zero-order valence-corrected chi connectivity index (χ0v) is 12.7. The van der Waals surface area contributed by atoms with Gasteiger partial charge in [0.1, 0.15) is 5.82 Å². The molecule has 1 heterocycles. The highest BCUT2D eigenvalue weighted by atomic mass is 15.1. The fourth-order valence-electron chi connectivity index (χ4n) is 2.65. The average Bonchev–Trinajstić information content (AvgIpc) is 2.87. The van der Waals surface area contributed by atoms with Gasteiger partial charge in [-0.3, -0.25) is 0 Å². The van der Waals surface area contributed by atoms with Crippen LogP contribution in [-0.4, -0.2) is 35.1 Å². The van der Waals surface area contributed by atoms with Crippen molar-refractivity contribution in [3.63, 3.8) is 0 Å². The minimum atomic E-state index is 0.989. The van der Waals surface area contributed by atoms with E-state index in [1.807, 2.05) is 12.1 Å². The zero-order chi connectivity index (χ0) is 14.7. The van der Waals surface area contributed by atoms with Crippen LogP contribution in [-0.2, 0) is 6.54 Å². The van der Waals surface area contributed by atoms with Gasteiger partial charge in [0.05, 0.1) is 11.0 Å². The Morgan fingerprint density at radius 3 is 2.43 bits per heavy atom. The molecule has 1 aromatic heterocycles. The van der Waals surface area contributed by atoms with Crippen molar-refractivity contribution in [2.24, 2.45) is 0 Å². The smallest absolute Gasteiger partial charge is 0.141 e. The van der Waals surface area contributed by atoms with Gasteiger partial charge < -0.3 is 9.47 Å². The van der Waals surface area contributed by atoms with Crippen molar-refractivity contribution in [3.8, 4) is 11.4 Å². The first-order valence-corrected chi connectivity index (χ1v) is 7.41. The van der Waals surface area contributed by atoms with Gasteiger partial charge in [0.2, 0.25) is 0 Å². The van der Waals surface area contributed by atoms with Gasteiger partial charge in [-0.15, -0.1) is 0 Å². The van der Waals surface area contributed by atoms with Gasteiger partial charge in [-0.1, -0.05) is 42.5 Å². The molecule has 0 N–H and O–H groups in total. The van der Waals surface area contributed by atoms with Gasteiger partial charge in [-0.2, -0.15) is 0 Å². The molecule has 0 aliphatic heterocycles. The molecule has 0 aliphatic carbocycles. The van der Waals surface area contributed by atoms with Crippen LogP contribution >= 0.6 is 0 Å². The van der Waals surface area contributed by atoms with Crippen molar-refractivity contribution < 1.29 is 0 Å². The Labute approximate surface area is 125 Å². The van der Waals surface area contributed by atoms with Crippen LogP contribution in [0.2, 0.25) is 0 Å². The minimum Gasteiger partial charge on any atom is -0.324 e. The predicted octanol–water partition coefficient (Wildman–Crippen LogP) is 3.66. The van der Waals surface area contributed by atoms with Crippen LogP contribution in [0.1, 0.15) is 6.42 Å². The first-order chi connectivity index (χ1) is 10.3. The second-order valence-electron chi connectivity index (χ2n) is 5.60. The fourth-order valence-corrected chi connectivity index (χ4v) is 2.65. The SMILES string of the molecule is CN(C)CCCn1c(-c2ccccc2)nc2ccccc21. The van der Waals surface area contributed by atoms with Crippen LogP contribution in [0, 0.1) is 0 Å². The lowest BCUT2D eigenvalue weighted by Gasteiger charge is -2.12. The number of fused-ring (bicyclic) bond motifs is 1. The van der Waals surface area contributed by atoms with Gasteiger partial charge in [0.15, 0.2) is 0 Å². The number of rotatable bonds is 5. The number of nitrogens with zero attached hydrogens (tertiary/aromatic N) is 3. The summed E-state index contributed by atoms with van der Waals surface area (Å²) in [5.74, 6) is 1.07. The van der Waals surface area contributed by atoms with Crippen LogP contribution in [0.4, 0.5) is 0 Å². The second kappa shape index (κ2) is 6.10. The van der Waals surface area contributed by atoms with E-state index in [2.05, 4.69) is 66.0 Å². The molecule has 0 bridgehead atoms. The van der Waals surface area contributed by atoms with Crippen LogP contribution in [0.25, 0.3) is 22.4 Å². The van der Waals surface area contributed by atoms with E-state index in [-0.39, 0.29) is 0 Å². The highest BCUT2D eigenvalue weighted by molar-refractivity contribution is 5.80. The van der Waals surface area contributed by atoms with Crippen molar-refractivity contribution in [1.82, 2.24) is 14.5 Å². The van der Waals surface area contributed by atoms with E-state index < -0.39 is 0 Å². The Kier molecular flexibility index (Phi) is 4.02. The maximum absolute atomic E-state index is 4.83. The van der Waals surface area contributed by atoms with Crippen LogP contribution in [0.15, 0.2) is 54.6 Å². The van der Waals surface area contributed by atoms with E-state index in [4.69, 9.17) is 4.98 Å². The summed E-state index contributed by atoms with van der Waals surface area (Å²) in [6, 6.07) is 18.8. The predicted molar refractivity (Wildman–Crippen MR) is 88.3 cm³/mol. The normalized spacial score (nSPS) is 11.4. The van der Waals surface area contributed by atoms with Gasteiger partial charge in [-0.25, -0.2) is 4.98 Å². The highest BCUT2D eigenvalue weighted by Gasteiger charge is 2.11. The Bertz CT molecular complexity index is 714. The molecule has 3 nitrogen and oxygen atoms in total. The molecule has 0 spiro atoms. The summed E-state index contributed by atoms with van der Waals surface area (Å²) in [5.41, 5.74) is 3.47. The van der Waals surface area contributed by atoms with Gasteiger partial charge in [0.25, 0.3) is 0 Å². The third-order valence-corrected chi connectivity index (χ3v) is 3.67. The summed E-state index contributed by atoms with van der Waals surface area (Å²) in [4.78, 5) is 7.05. The quantitative estimate of drug-likeness (QED) is 0.711. The molecule has 108 valence electrons. The molecule has 3 rings (SSSR count). The van der Waals surface area contributed by atoms with E-state index in [1.165, 1.54) is 11.1 Å². The van der Waals surface area contributed by atoms with Crippen LogP contribution in [0.3, 0.4) is 0 Å². The van der Waals surface area contributed by atoms with Crippen molar-refractivity contribution in [3.05, 3.63) is 54.6 Å². The summed E-state index contributed by atoms with van der Waals surface area (Å²) < 4.78 is 2.34. The third-order valence-electron chi connectivity index (χ3n) is 3.67. The summed E-state index contributed by atoms with van der Waals surface area (Å²) in [6.45, 7) is 2.07. The monoisotopic (exact) mass is 279 g/mol. The van der Waals surface area contributed by atoms with E-state index >= 15 is 0 Å². The standard InChI is InChI=1S/C18H21N3/c1-20(2)13-8-14-21-17-12-7-6-11-16(17)19-18(21)15-9-4-3-5-10-15/h3-7,9-12H,8,13-14H2,1-2H3. The highest BCUT2D eigenvalue weighted by Crippen LogP contribution is 2.24. The summed E-state index contributed by atoms with van der Waals surface area (Å²) in [6.07, 6.45) is 1.12.